The minimum Gasteiger partial charge on any atom is -0.460 e. The van der Waals surface area contributed by atoms with Gasteiger partial charge in [-0.2, -0.15) is 0 Å². The van der Waals surface area contributed by atoms with Crippen molar-refractivity contribution in [3.8, 4) is 11.3 Å². The van der Waals surface area contributed by atoms with Crippen LogP contribution in [-0.4, -0.2) is 23.5 Å². The van der Waals surface area contributed by atoms with E-state index < -0.39 is 5.97 Å². The number of hydrogen-bond donors (Lipinski definition) is 0. The second-order valence-electron chi connectivity index (χ2n) is 5.16. The fraction of sp³-hybridized carbons (Fsp3) is 0.105. The van der Waals surface area contributed by atoms with E-state index in [0.29, 0.717) is 16.1 Å². The van der Waals surface area contributed by atoms with Crippen LogP contribution in [0, 0.1) is 0 Å². The van der Waals surface area contributed by atoms with Crippen molar-refractivity contribution in [3.05, 3.63) is 76.5 Å². The van der Waals surface area contributed by atoms with Gasteiger partial charge in [0, 0.05) is 16.1 Å². The van der Waals surface area contributed by atoms with E-state index in [2.05, 4.69) is 5.16 Å². The Morgan fingerprint density at radius 2 is 1.88 bits per heavy atom. The summed E-state index contributed by atoms with van der Waals surface area (Å²) < 4.78 is 10.1. The molecule has 2 aromatic carbocycles. The zero-order valence-electron chi connectivity index (χ0n) is 13.4. The first-order valence-electron chi connectivity index (χ1n) is 7.64. The smallest absolute Gasteiger partial charge is 0.377 e. The Morgan fingerprint density at radius 1 is 1.12 bits per heavy atom. The molecule has 0 bridgehead atoms. The van der Waals surface area contributed by atoms with Gasteiger partial charge in [-0.05, 0) is 19.1 Å². The molecule has 6 heteroatoms. The molecule has 126 valence electrons. The number of rotatable bonds is 5. The molecule has 0 aliphatic heterocycles. The van der Waals surface area contributed by atoms with Crippen molar-refractivity contribution >= 4 is 23.4 Å². The van der Waals surface area contributed by atoms with Gasteiger partial charge in [-0.25, -0.2) is 4.79 Å². The molecule has 0 fully saturated rings. The number of esters is 1. The van der Waals surface area contributed by atoms with Crippen molar-refractivity contribution in [1.82, 2.24) is 5.16 Å². The lowest BCUT2D eigenvalue weighted by molar-refractivity contribution is 0.0476. The summed E-state index contributed by atoms with van der Waals surface area (Å²) in [5, 5.41) is 4.40. The first-order valence-corrected chi connectivity index (χ1v) is 8.02. The molecule has 0 saturated heterocycles. The summed E-state index contributed by atoms with van der Waals surface area (Å²) in [5.41, 5.74) is 1.30. The third-order valence-electron chi connectivity index (χ3n) is 3.51. The molecule has 5 nitrogen and oxygen atoms in total. The number of hydrogen-bond acceptors (Lipinski definition) is 5. The Labute approximate surface area is 149 Å². The minimum atomic E-state index is -0.734. The van der Waals surface area contributed by atoms with Crippen LogP contribution < -0.4 is 0 Å². The molecular weight excluding hydrogens is 342 g/mol. The number of benzene rings is 2. The largest absolute Gasteiger partial charge is 0.460 e. The Bertz CT molecular complexity index is 918. The van der Waals surface area contributed by atoms with E-state index in [9.17, 15) is 9.59 Å². The third-order valence-corrected chi connectivity index (χ3v) is 3.75. The van der Waals surface area contributed by atoms with Crippen molar-refractivity contribution in [3.63, 3.8) is 0 Å². The number of nitrogens with zero attached hydrogens (tertiary/aromatic N) is 1. The van der Waals surface area contributed by atoms with Crippen molar-refractivity contribution in [2.45, 2.75) is 6.92 Å². The Hall–Kier alpha value is -2.92. The van der Waals surface area contributed by atoms with Gasteiger partial charge < -0.3 is 9.26 Å². The maximum Gasteiger partial charge on any atom is 0.377 e. The molecule has 0 N–H and O–H groups in total. The Balaban J connectivity index is 2.17. The lowest BCUT2D eigenvalue weighted by Gasteiger charge is -2.04. The van der Waals surface area contributed by atoms with Crippen LogP contribution in [0.3, 0.4) is 0 Å². The Morgan fingerprint density at radius 3 is 2.56 bits per heavy atom. The molecule has 1 heterocycles. The zero-order chi connectivity index (χ0) is 17.8. The van der Waals surface area contributed by atoms with Gasteiger partial charge in [0.25, 0.3) is 5.76 Å². The second kappa shape index (κ2) is 7.32. The van der Waals surface area contributed by atoms with E-state index in [4.69, 9.17) is 20.9 Å². The van der Waals surface area contributed by atoms with Gasteiger partial charge in [-0.15, -0.1) is 0 Å². The van der Waals surface area contributed by atoms with Crippen LogP contribution in [0.1, 0.15) is 33.4 Å². The van der Waals surface area contributed by atoms with Crippen LogP contribution >= 0.6 is 11.6 Å². The molecule has 0 aliphatic carbocycles. The second-order valence-corrected chi connectivity index (χ2v) is 5.60. The van der Waals surface area contributed by atoms with E-state index in [-0.39, 0.29) is 29.4 Å². The van der Waals surface area contributed by atoms with Crippen LogP contribution in [0.25, 0.3) is 11.3 Å². The highest BCUT2D eigenvalue weighted by molar-refractivity contribution is 6.31. The average molecular weight is 356 g/mol. The van der Waals surface area contributed by atoms with Crippen LogP contribution in [0.4, 0.5) is 0 Å². The standard InChI is InChI=1S/C19H14ClNO4/c1-2-24-19(23)18-15(17(22)12-7-4-3-5-8-12)16(21-25-18)13-9-6-10-14(20)11-13/h3-11H,2H2,1H3. The van der Waals surface area contributed by atoms with Crippen molar-refractivity contribution in [2.24, 2.45) is 0 Å². The summed E-state index contributed by atoms with van der Waals surface area (Å²) in [6.45, 7) is 1.83. The van der Waals surface area contributed by atoms with Gasteiger partial charge in [0.2, 0.25) is 0 Å². The third kappa shape index (κ3) is 3.46. The van der Waals surface area contributed by atoms with E-state index >= 15 is 0 Å². The molecule has 0 amide bonds. The monoisotopic (exact) mass is 355 g/mol. The SMILES string of the molecule is CCOC(=O)c1onc(-c2cccc(Cl)c2)c1C(=O)c1ccccc1. The van der Waals surface area contributed by atoms with E-state index in [1.54, 1.807) is 61.5 Å². The summed E-state index contributed by atoms with van der Waals surface area (Å²) in [4.78, 5) is 25.2. The summed E-state index contributed by atoms with van der Waals surface area (Å²) in [7, 11) is 0. The molecule has 0 saturated carbocycles. The maximum atomic E-state index is 13.0. The Kier molecular flexibility index (Phi) is 4.95. The quantitative estimate of drug-likeness (QED) is 0.501. The first kappa shape index (κ1) is 16.9. The van der Waals surface area contributed by atoms with Gasteiger partial charge in [0.15, 0.2) is 5.78 Å². The van der Waals surface area contributed by atoms with E-state index in [0.717, 1.165) is 0 Å². The van der Waals surface area contributed by atoms with Crippen molar-refractivity contribution in [2.75, 3.05) is 6.61 Å². The van der Waals surface area contributed by atoms with Crippen LogP contribution in [-0.2, 0) is 4.74 Å². The molecule has 3 rings (SSSR count). The molecule has 0 atom stereocenters. The average Bonchev–Trinajstić information content (AvgIpc) is 3.07. The summed E-state index contributed by atoms with van der Waals surface area (Å²) in [6, 6.07) is 15.4. The number of aromatic nitrogens is 1. The number of ether oxygens (including phenoxy) is 1. The van der Waals surface area contributed by atoms with Crippen LogP contribution in [0.15, 0.2) is 59.1 Å². The first-order chi connectivity index (χ1) is 12.1. The molecular formula is C19H14ClNO4. The minimum absolute atomic E-state index is 0.0620. The lowest BCUT2D eigenvalue weighted by Crippen LogP contribution is -2.11. The van der Waals surface area contributed by atoms with E-state index in [1.807, 2.05) is 0 Å². The highest BCUT2D eigenvalue weighted by atomic mass is 35.5. The van der Waals surface area contributed by atoms with E-state index in [1.165, 1.54) is 0 Å². The predicted molar refractivity (Wildman–Crippen MR) is 92.8 cm³/mol. The number of carbonyl (C=O) groups excluding carboxylic acids is 2. The number of carbonyl (C=O) groups is 2. The number of ketones is 1. The molecule has 0 aliphatic rings. The maximum absolute atomic E-state index is 13.0. The topological polar surface area (TPSA) is 69.4 Å². The van der Waals surface area contributed by atoms with Gasteiger partial charge in [0.1, 0.15) is 11.3 Å². The summed E-state index contributed by atoms with van der Waals surface area (Å²) >= 11 is 6.03. The fourth-order valence-electron chi connectivity index (χ4n) is 2.40. The predicted octanol–water partition coefficient (Wildman–Crippen LogP) is 4.40. The van der Waals surface area contributed by atoms with Gasteiger partial charge >= 0.3 is 5.97 Å². The fourth-order valence-corrected chi connectivity index (χ4v) is 2.59. The highest BCUT2D eigenvalue weighted by Gasteiger charge is 2.30. The molecule has 25 heavy (non-hydrogen) atoms. The molecule has 0 unspecified atom stereocenters. The van der Waals surface area contributed by atoms with Crippen LogP contribution in [0.5, 0.6) is 0 Å². The molecule has 0 radical (unpaired) electrons. The highest BCUT2D eigenvalue weighted by Crippen LogP contribution is 2.30. The summed E-state index contributed by atoms with van der Waals surface area (Å²) in [6.07, 6.45) is 0. The van der Waals surface area contributed by atoms with Crippen molar-refractivity contribution < 1.29 is 18.8 Å². The van der Waals surface area contributed by atoms with Gasteiger partial charge in [-0.1, -0.05) is 59.2 Å². The number of halogens is 1. The van der Waals surface area contributed by atoms with Gasteiger partial charge in [0.05, 0.1) is 6.61 Å². The molecule has 0 spiro atoms. The lowest BCUT2D eigenvalue weighted by atomic mass is 9.98. The molecule has 1 aromatic heterocycles. The van der Waals surface area contributed by atoms with Crippen molar-refractivity contribution in [1.29, 1.82) is 0 Å². The normalized spacial score (nSPS) is 10.5. The van der Waals surface area contributed by atoms with Gasteiger partial charge in [-0.3, -0.25) is 4.79 Å². The summed E-state index contributed by atoms with van der Waals surface area (Å²) in [5.74, 6) is -1.33. The van der Waals surface area contributed by atoms with Crippen LogP contribution in [0.2, 0.25) is 5.02 Å². The molecule has 3 aromatic rings. The zero-order valence-corrected chi connectivity index (χ0v) is 14.1.